The molecule has 2 aromatic carbocycles. The van der Waals surface area contributed by atoms with Gasteiger partial charge in [0, 0.05) is 12.1 Å². The maximum atomic E-state index is 13.2. The van der Waals surface area contributed by atoms with Crippen molar-refractivity contribution in [3.63, 3.8) is 0 Å². The van der Waals surface area contributed by atoms with Crippen LogP contribution in [0.3, 0.4) is 0 Å². The first-order valence-electron chi connectivity index (χ1n) is 10.9. The number of rotatable bonds is 9. The molecule has 34 heavy (non-hydrogen) atoms. The molecule has 0 aliphatic heterocycles. The number of carbonyl (C=O) groups excluding carboxylic acids is 1. The number of amides is 1. The van der Waals surface area contributed by atoms with Crippen molar-refractivity contribution in [2.75, 3.05) is 17.7 Å². The summed E-state index contributed by atoms with van der Waals surface area (Å²) in [7, 11) is -2.32. The van der Waals surface area contributed by atoms with E-state index >= 15 is 0 Å². The Hall–Kier alpha value is -3.14. The Kier molecular flexibility index (Phi) is 8.31. The van der Waals surface area contributed by atoms with Gasteiger partial charge < -0.3 is 10.1 Å². The van der Waals surface area contributed by atoms with E-state index in [1.165, 1.54) is 25.1 Å². The third-order valence-corrected chi connectivity index (χ3v) is 7.02. The largest absolute Gasteiger partial charge is 0.496 e. The summed E-state index contributed by atoms with van der Waals surface area (Å²) in [6, 6.07) is 6.30. The highest BCUT2D eigenvalue weighted by Gasteiger charge is 2.32. The van der Waals surface area contributed by atoms with Crippen molar-refractivity contribution >= 4 is 27.3 Å². The fourth-order valence-electron chi connectivity index (χ4n) is 3.95. The second-order valence-corrected chi connectivity index (χ2v) is 10.7. The van der Waals surface area contributed by atoms with Crippen LogP contribution >= 0.6 is 0 Å². The van der Waals surface area contributed by atoms with Gasteiger partial charge in [-0.05, 0) is 68.0 Å². The van der Waals surface area contributed by atoms with E-state index in [1.54, 1.807) is 14.0 Å². The highest BCUT2D eigenvalue weighted by atomic mass is 32.2. The zero-order valence-corrected chi connectivity index (χ0v) is 21.7. The zero-order chi connectivity index (χ0) is 26.0. The molecule has 0 saturated heterocycles. The van der Waals surface area contributed by atoms with Crippen LogP contribution in [-0.2, 0) is 14.8 Å². The molecular formula is C24H33N3O6S. The van der Waals surface area contributed by atoms with Crippen LogP contribution in [0.1, 0.15) is 61.9 Å². The van der Waals surface area contributed by atoms with E-state index in [1.807, 2.05) is 39.8 Å². The van der Waals surface area contributed by atoms with Crippen molar-refractivity contribution in [3.05, 3.63) is 62.7 Å². The van der Waals surface area contributed by atoms with E-state index in [0.29, 0.717) is 5.56 Å². The number of nitro groups is 1. The molecule has 0 heterocycles. The fourth-order valence-corrected chi connectivity index (χ4v) is 5.18. The molecule has 0 fully saturated rings. The molecule has 9 nitrogen and oxygen atoms in total. The van der Waals surface area contributed by atoms with Gasteiger partial charge in [0.05, 0.1) is 30.0 Å². The smallest absolute Gasteiger partial charge is 0.271 e. The first kappa shape index (κ1) is 27.1. The van der Waals surface area contributed by atoms with Crippen molar-refractivity contribution in [1.29, 1.82) is 0 Å². The molecule has 186 valence electrons. The predicted molar refractivity (Wildman–Crippen MR) is 133 cm³/mol. The topological polar surface area (TPSA) is 119 Å². The summed E-state index contributed by atoms with van der Waals surface area (Å²) in [6.45, 7) is 10.9. The lowest BCUT2D eigenvalue weighted by atomic mass is 9.93. The number of aryl methyl sites for hydroxylation is 2. The number of hydrogen-bond donors (Lipinski definition) is 1. The van der Waals surface area contributed by atoms with E-state index in [0.717, 1.165) is 33.0 Å². The SMILES string of the molecule is COc1cc(C)c([C@@H](C)NC(=O)[C@@H](C)N(c2cc([N+](=O)[O-])ccc2C)S(C)(=O)=O)cc1C(C)C. The summed E-state index contributed by atoms with van der Waals surface area (Å²) < 4.78 is 31.8. The number of non-ortho nitro benzene ring substituents is 1. The third kappa shape index (κ3) is 5.85. The molecule has 0 unspecified atom stereocenters. The van der Waals surface area contributed by atoms with Crippen LogP contribution < -0.4 is 14.4 Å². The van der Waals surface area contributed by atoms with Gasteiger partial charge in [-0.15, -0.1) is 0 Å². The molecule has 0 spiro atoms. The lowest BCUT2D eigenvalue weighted by molar-refractivity contribution is -0.384. The van der Waals surface area contributed by atoms with Crippen LogP contribution in [0, 0.1) is 24.0 Å². The number of nitrogens with zero attached hydrogens (tertiary/aromatic N) is 2. The van der Waals surface area contributed by atoms with Crippen molar-refractivity contribution in [2.24, 2.45) is 0 Å². The molecule has 2 atom stereocenters. The van der Waals surface area contributed by atoms with Gasteiger partial charge in [-0.25, -0.2) is 8.42 Å². The Labute approximate surface area is 201 Å². The minimum atomic E-state index is -3.93. The second-order valence-electron chi connectivity index (χ2n) is 8.80. The summed E-state index contributed by atoms with van der Waals surface area (Å²) in [6.07, 6.45) is 0.973. The number of anilines is 1. The second kappa shape index (κ2) is 10.4. The highest BCUT2D eigenvalue weighted by molar-refractivity contribution is 7.92. The molecule has 1 N–H and O–H groups in total. The van der Waals surface area contributed by atoms with Gasteiger partial charge in [0.2, 0.25) is 15.9 Å². The first-order chi connectivity index (χ1) is 15.7. The van der Waals surface area contributed by atoms with Crippen LogP contribution in [-0.4, -0.2) is 38.7 Å². The minimum Gasteiger partial charge on any atom is -0.496 e. The number of ether oxygens (including phenoxy) is 1. The average Bonchev–Trinajstić information content (AvgIpc) is 2.73. The van der Waals surface area contributed by atoms with Gasteiger partial charge in [0.15, 0.2) is 0 Å². The molecule has 2 rings (SSSR count). The Morgan fingerprint density at radius 2 is 1.68 bits per heavy atom. The average molecular weight is 492 g/mol. The lowest BCUT2D eigenvalue weighted by Gasteiger charge is -2.30. The van der Waals surface area contributed by atoms with E-state index in [2.05, 4.69) is 5.32 Å². The van der Waals surface area contributed by atoms with Crippen molar-refractivity contribution < 1.29 is 22.9 Å². The van der Waals surface area contributed by atoms with Gasteiger partial charge in [0.1, 0.15) is 11.8 Å². The summed E-state index contributed by atoms with van der Waals surface area (Å²) in [5.74, 6) is 0.450. The van der Waals surface area contributed by atoms with Crippen LogP contribution in [0.5, 0.6) is 5.75 Å². The Balaban J connectivity index is 2.42. The normalized spacial score (nSPS) is 13.3. The highest BCUT2D eigenvalue weighted by Crippen LogP contribution is 2.33. The van der Waals surface area contributed by atoms with Crippen LogP contribution in [0.4, 0.5) is 11.4 Å². The fraction of sp³-hybridized carbons (Fsp3) is 0.458. The molecule has 10 heteroatoms. The standard InChI is InChI=1S/C24H33N3O6S/c1-14(2)20-13-21(16(4)11-23(20)33-7)17(5)25-24(28)18(6)26(34(8,31)32)22-12-19(27(29)30)10-9-15(22)3/h9-14,17-18H,1-8H3,(H,25,28)/t17-,18-/m1/s1. The van der Waals surface area contributed by atoms with E-state index in [4.69, 9.17) is 4.74 Å². The molecule has 0 aromatic heterocycles. The number of nitro benzene ring substituents is 1. The number of sulfonamides is 1. The predicted octanol–water partition coefficient (Wildman–Crippen LogP) is 4.38. The Morgan fingerprint density at radius 1 is 1.06 bits per heavy atom. The number of hydrogen-bond acceptors (Lipinski definition) is 6. The van der Waals surface area contributed by atoms with E-state index < -0.39 is 32.9 Å². The molecular weight excluding hydrogens is 458 g/mol. The number of carbonyl (C=O) groups is 1. The molecule has 0 bridgehead atoms. The van der Waals surface area contributed by atoms with Crippen molar-refractivity contribution in [1.82, 2.24) is 5.32 Å². The summed E-state index contributed by atoms with van der Waals surface area (Å²) in [5.41, 5.74) is 3.15. The Morgan fingerprint density at radius 3 is 2.18 bits per heavy atom. The van der Waals surface area contributed by atoms with Crippen LogP contribution in [0.15, 0.2) is 30.3 Å². The Bertz CT molecular complexity index is 1190. The van der Waals surface area contributed by atoms with Crippen LogP contribution in [0.25, 0.3) is 0 Å². The van der Waals surface area contributed by atoms with Crippen molar-refractivity contribution in [2.45, 2.75) is 59.5 Å². The maximum absolute atomic E-state index is 13.2. The van der Waals surface area contributed by atoms with E-state index in [-0.39, 0.29) is 17.3 Å². The quantitative estimate of drug-likeness (QED) is 0.411. The van der Waals surface area contributed by atoms with Gasteiger partial charge in [-0.2, -0.15) is 0 Å². The molecule has 0 radical (unpaired) electrons. The molecule has 0 saturated carbocycles. The third-order valence-electron chi connectivity index (χ3n) is 5.80. The minimum absolute atomic E-state index is 0.0923. The zero-order valence-electron chi connectivity index (χ0n) is 20.9. The number of nitrogens with one attached hydrogen (secondary N) is 1. The summed E-state index contributed by atoms with van der Waals surface area (Å²) in [4.78, 5) is 23.8. The number of methoxy groups -OCH3 is 1. The number of benzene rings is 2. The van der Waals surface area contributed by atoms with Gasteiger partial charge in [0.25, 0.3) is 5.69 Å². The molecule has 1 amide bonds. The molecule has 0 aliphatic carbocycles. The van der Waals surface area contributed by atoms with E-state index in [9.17, 15) is 23.3 Å². The lowest BCUT2D eigenvalue weighted by Crippen LogP contribution is -2.48. The summed E-state index contributed by atoms with van der Waals surface area (Å²) in [5, 5.41) is 14.1. The monoisotopic (exact) mass is 491 g/mol. The van der Waals surface area contributed by atoms with Crippen LogP contribution in [0.2, 0.25) is 0 Å². The maximum Gasteiger partial charge on any atom is 0.271 e. The molecule has 0 aliphatic rings. The summed E-state index contributed by atoms with van der Waals surface area (Å²) >= 11 is 0. The van der Waals surface area contributed by atoms with Gasteiger partial charge in [-0.1, -0.05) is 19.9 Å². The van der Waals surface area contributed by atoms with Gasteiger partial charge >= 0.3 is 0 Å². The molecule has 2 aromatic rings. The van der Waals surface area contributed by atoms with Gasteiger partial charge in [-0.3, -0.25) is 19.2 Å². The van der Waals surface area contributed by atoms with Crippen molar-refractivity contribution in [3.8, 4) is 5.75 Å². The first-order valence-corrected chi connectivity index (χ1v) is 12.8.